The largest absolute Gasteiger partial charge is 0.494 e. The van der Waals surface area contributed by atoms with Crippen LogP contribution in [0.15, 0.2) is 18.2 Å². The molecule has 0 spiro atoms. The fourth-order valence-electron chi connectivity index (χ4n) is 1.13. The number of hydrogen-bond donors (Lipinski definition) is 0. The van der Waals surface area contributed by atoms with Gasteiger partial charge in [0.1, 0.15) is 11.6 Å². The minimum atomic E-state index is -3.44. The van der Waals surface area contributed by atoms with Gasteiger partial charge in [-0.2, -0.15) is 0 Å². The minimum Gasteiger partial charge on any atom is -0.494 e. The standard InChI is InChI=1S/C10H11Cl2FO3S/c11-9-7-8(3-4-10(9)13)16-5-1-2-6-17(12,14)15/h3-4,7H,1-2,5-6H2. The zero-order valence-corrected chi connectivity index (χ0v) is 11.2. The van der Waals surface area contributed by atoms with Crippen molar-refractivity contribution in [3.63, 3.8) is 0 Å². The van der Waals surface area contributed by atoms with Crippen LogP contribution in [0.4, 0.5) is 4.39 Å². The van der Waals surface area contributed by atoms with Crippen molar-refractivity contribution in [2.24, 2.45) is 0 Å². The summed E-state index contributed by atoms with van der Waals surface area (Å²) in [5, 5.41) is -0.00849. The molecule has 17 heavy (non-hydrogen) atoms. The molecule has 0 radical (unpaired) electrons. The highest BCUT2D eigenvalue weighted by atomic mass is 35.7. The van der Waals surface area contributed by atoms with Gasteiger partial charge in [-0.25, -0.2) is 12.8 Å². The van der Waals surface area contributed by atoms with Gasteiger partial charge in [-0.05, 0) is 25.0 Å². The van der Waals surface area contributed by atoms with E-state index >= 15 is 0 Å². The lowest BCUT2D eigenvalue weighted by molar-refractivity contribution is 0.309. The molecule has 0 aliphatic carbocycles. The van der Waals surface area contributed by atoms with Gasteiger partial charge in [-0.1, -0.05) is 11.6 Å². The molecule has 0 amide bonds. The van der Waals surface area contributed by atoms with Crippen molar-refractivity contribution in [3.8, 4) is 5.75 Å². The van der Waals surface area contributed by atoms with E-state index in [4.69, 9.17) is 27.0 Å². The normalized spacial score (nSPS) is 11.5. The number of rotatable bonds is 6. The van der Waals surface area contributed by atoms with Gasteiger partial charge >= 0.3 is 0 Å². The number of unbranched alkanes of at least 4 members (excludes halogenated alkanes) is 1. The van der Waals surface area contributed by atoms with Gasteiger partial charge in [-0.3, -0.25) is 0 Å². The molecule has 1 rings (SSSR count). The molecule has 0 aromatic heterocycles. The van der Waals surface area contributed by atoms with E-state index in [1.807, 2.05) is 0 Å². The van der Waals surface area contributed by atoms with Crippen LogP contribution in [-0.2, 0) is 9.05 Å². The van der Waals surface area contributed by atoms with Crippen molar-refractivity contribution in [1.82, 2.24) is 0 Å². The first-order valence-corrected chi connectivity index (χ1v) is 7.74. The van der Waals surface area contributed by atoms with Crippen molar-refractivity contribution < 1.29 is 17.5 Å². The Bertz CT molecular complexity index is 476. The van der Waals surface area contributed by atoms with Crippen molar-refractivity contribution in [2.45, 2.75) is 12.8 Å². The molecule has 96 valence electrons. The van der Waals surface area contributed by atoms with E-state index in [9.17, 15) is 12.8 Å². The van der Waals surface area contributed by atoms with Crippen LogP contribution in [0.1, 0.15) is 12.8 Å². The molecule has 0 heterocycles. The quantitative estimate of drug-likeness (QED) is 0.598. The molecule has 3 nitrogen and oxygen atoms in total. The Morgan fingerprint density at radius 1 is 1.29 bits per heavy atom. The smallest absolute Gasteiger partial charge is 0.232 e. The van der Waals surface area contributed by atoms with Gasteiger partial charge in [0.05, 0.1) is 17.4 Å². The summed E-state index contributed by atoms with van der Waals surface area (Å²) in [6.45, 7) is 0.328. The van der Waals surface area contributed by atoms with Crippen LogP contribution in [0, 0.1) is 5.82 Å². The summed E-state index contributed by atoms with van der Waals surface area (Å²) in [4.78, 5) is 0. The third kappa shape index (κ3) is 6.10. The minimum absolute atomic E-state index is 0.00849. The first-order chi connectivity index (χ1) is 7.88. The van der Waals surface area contributed by atoms with Gasteiger partial charge in [0.25, 0.3) is 0 Å². The third-order valence-electron chi connectivity index (χ3n) is 1.94. The molecule has 0 saturated carbocycles. The van der Waals surface area contributed by atoms with Crippen LogP contribution in [0.2, 0.25) is 5.02 Å². The maximum atomic E-state index is 12.8. The van der Waals surface area contributed by atoms with Crippen LogP contribution in [0.25, 0.3) is 0 Å². The number of ether oxygens (including phenoxy) is 1. The summed E-state index contributed by atoms with van der Waals surface area (Å²) in [7, 11) is 1.60. The third-order valence-corrected chi connectivity index (χ3v) is 3.47. The predicted molar refractivity (Wildman–Crippen MR) is 65.8 cm³/mol. The zero-order valence-electron chi connectivity index (χ0n) is 8.83. The summed E-state index contributed by atoms with van der Waals surface area (Å²) in [6.07, 6.45) is 0.960. The van der Waals surface area contributed by atoms with Crippen molar-refractivity contribution in [1.29, 1.82) is 0 Å². The summed E-state index contributed by atoms with van der Waals surface area (Å²) < 4.78 is 39.3. The van der Waals surface area contributed by atoms with E-state index in [1.54, 1.807) is 0 Å². The molecule has 1 aromatic rings. The Hall–Kier alpha value is -0.520. The fourth-order valence-corrected chi connectivity index (χ4v) is 2.18. The van der Waals surface area contributed by atoms with E-state index in [0.717, 1.165) is 0 Å². The van der Waals surface area contributed by atoms with Gasteiger partial charge < -0.3 is 4.74 Å². The maximum Gasteiger partial charge on any atom is 0.232 e. The second-order valence-electron chi connectivity index (χ2n) is 3.37. The van der Waals surface area contributed by atoms with Crippen LogP contribution >= 0.6 is 22.3 Å². The Morgan fingerprint density at radius 3 is 2.59 bits per heavy atom. The molecule has 0 aliphatic heterocycles. The van der Waals surface area contributed by atoms with E-state index < -0.39 is 14.9 Å². The summed E-state index contributed by atoms with van der Waals surface area (Å²) in [6, 6.07) is 4.04. The summed E-state index contributed by atoms with van der Waals surface area (Å²) >= 11 is 5.56. The van der Waals surface area contributed by atoms with Crippen LogP contribution < -0.4 is 4.74 Å². The Kier molecular flexibility index (Phi) is 5.49. The first kappa shape index (κ1) is 14.5. The van der Waals surface area contributed by atoms with Crippen LogP contribution in [0.5, 0.6) is 5.75 Å². The summed E-state index contributed by atoms with van der Waals surface area (Å²) in [5.41, 5.74) is 0. The van der Waals surface area contributed by atoms with E-state index in [2.05, 4.69) is 0 Å². The number of hydrogen-bond acceptors (Lipinski definition) is 3. The number of benzene rings is 1. The molecule has 7 heteroatoms. The average molecular weight is 301 g/mol. The number of halogens is 3. The van der Waals surface area contributed by atoms with E-state index in [0.29, 0.717) is 25.2 Å². The van der Waals surface area contributed by atoms with E-state index in [1.165, 1.54) is 18.2 Å². The molecule has 0 N–H and O–H groups in total. The van der Waals surface area contributed by atoms with Gasteiger partial charge in [0.2, 0.25) is 9.05 Å². The second-order valence-corrected chi connectivity index (χ2v) is 6.68. The van der Waals surface area contributed by atoms with Crippen molar-refractivity contribution in [3.05, 3.63) is 29.0 Å². The molecule has 0 fully saturated rings. The summed E-state index contributed by atoms with van der Waals surface area (Å²) in [5.74, 6) is -0.139. The molecule has 1 aromatic carbocycles. The lowest BCUT2D eigenvalue weighted by Gasteiger charge is -2.06. The molecular weight excluding hydrogens is 290 g/mol. The van der Waals surface area contributed by atoms with Crippen molar-refractivity contribution in [2.75, 3.05) is 12.4 Å². The lowest BCUT2D eigenvalue weighted by atomic mass is 10.3. The SMILES string of the molecule is O=S(=O)(Cl)CCCCOc1ccc(F)c(Cl)c1. The first-order valence-electron chi connectivity index (χ1n) is 4.89. The van der Waals surface area contributed by atoms with Gasteiger partial charge in [0, 0.05) is 16.7 Å². The molecule has 0 saturated heterocycles. The monoisotopic (exact) mass is 300 g/mol. The molecule has 0 aliphatic rings. The topological polar surface area (TPSA) is 43.4 Å². The molecule has 0 atom stereocenters. The predicted octanol–water partition coefficient (Wildman–Crippen LogP) is 3.21. The lowest BCUT2D eigenvalue weighted by Crippen LogP contribution is -2.02. The Balaban J connectivity index is 2.29. The fraction of sp³-hybridized carbons (Fsp3) is 0.400. The highest BCUT2D eigenvalue weighted by Gasteiger charge is 2.05. The Morgan fingerprint density at radius 2 is 2.00 bits per heavy atom. The van der Waals surface area contributed by atoms with Gasteiger partial charge in [0.15, 0.2) is 0 Å². The Labute approximate surface area is 109 Å². The molecule has 0 unspecified atom stereocenters. The van der Waals surface area contributed by atoms with Crippen LogP contribution in [0.3, 0.4) is 0 Å². The molecular formula is C10H11Cl2FO3S. The van der Waals surface area contributed by atoms with Crippen molar-refractivity contribution >= 4 is 31.3 Å². The zero-order chi connectivity index (χ0) is 12.9. The van der Waals surface area contributed by atoms with Gasteiger partial charge in [-0.15, -0.1) is 0 Å². The maximum absolute atomic E-state index is 12.8. The highest BCUT2D eigenvalue weighted by Crippen LogP contribution is 2.21. The van der Waals surface area contributed by atoms with Crippen LogP contribution in [-0.4, -0.2) is 20.8 Å². The average Bonchev–Trinajstić information content (AvgIpc) is 2.21. The highest BCUT2D eigenvalue weighted by molar-refractivity contribution is 8.13. The molecule has 0 bridgehead atoms. The van der Waals surface area contributed by atoms with E-state index in [-0.39, 0.29) is 10.8 Å². The second kappa shape index (κ2) is 6.42.